The van der Waals surface area contributed by atoms with E-state index in [0.29, 0.717) is 39.0 Å². The minimum atomic E-state index is -1.05. The van der Waals surface area contributed by atoms with Crippen molar-refractivity contribution in [2.24, 2.45) is 5.73 Å². The maximum absolute atomic E-state index is 13.5. The summed E-state index contributed by atoms with van der Waals surface area (Å²) in [7, 11) is 13.1. The molecule has 0 bridgehead atoms. The summed E-state index contributed by atoms with van der Waals surface area (Å²) in [5.41, 5.74) is 10.5. The molecule has 0 saturated carbocycles. The fraction of sp³-hybridized carbons (Fsp3) is 0.366. The third kappa shape index (κ3) is 11.3. The number of hydrogen-bond acceptors (Lipinski definition) is 9. The van der Waals surface area contributed by atoms with Crippen LogP contribution in [0.25, 0.3) is 0 Å². The van der Waals surface area contributed by atoms with Crippen LogP contribution < -0.4 is 25.0 Å². The second-order valence-electron chi connectivity index (χ2n) is 13.3. The largest absolute Gasteiger partial charge is 0.497 e. The van der Waals surface area contributed by atoms with Gasteiger partial charge in [-0.15, -0.1) is 0 Å². The Morgan fingerprint density at radius 2 is 1.10 bits per heavy atom. The average molecular weight is 712 g/mol. The van der Waals surface area contributed by atoms with Gasteiger partial charge in [0.15, 0.2) is 0 Å². The SMILES string of the molecule is COc1ccc(CN(Cc2ccc(N(C)C)cc2)C(=O)OCCN(C)CCC(Cc2ccc(OC)cc2)(OC(N)=O)c2ccc(N(C)C)cc2)cc1. The number of amides is 2. The van der Waals surface area contributed by atoms with Gasteiger partial charge in [0.05, 0.1) is 14.2 Å². The second kappa shape index (κ2) is 18.7. The van der Waals surface area contributed by atoms with E-state index in [0.717, 1.165) is 45.1 Å². The predicted octanol–water partition coefficient (Wildman–Crippen LogP) is 6.53. The number of ether oxygens (including phenoxy) is 4. The van der Waals surface area contributed by atoms with Crippen molar-refractivity contribution in [2.45, 2.75) is 31.5 Å². The van der Waals surface area contributed by atoms with Crippen molar-refractivity contribution in [3.05, 3.63) is 119 Å². The highest BCUT2D eigenvalue weighted by molar-refractivity contribution is 5.68. The molecule has 4 rings (SSSR count). The fourth-order valence-electron chi connectivity index (χ4n) is 5.93. The van der Waals surface area contributed by atoms with Crippen LogP contribution in [0.2, 0.25) is 0 Å². The van der Waals surface area contributed by atoms with Crippen LogP contribution in [0.1, 0.15) is 28.7 Å². The zero-order valence-electron chi connectivity index (χ0n) is 31.5. The molecule has 0 aromatic heterocycles. The number of carbonyl (C=O) groups is 2. The Kier molecular flexibility index (Phi) is 14.2. The standard InChI is InChI=1S/C41H53N5O6/c1-43(2)35-16-8-32(9-17-35)29-46(30-33-12-22-38(50-7)23-13-33)40(48)51-27-26-45(5)25-24-41(52-39(42)47,28-31-10-20-37(49-6)21-11-31)34-14-18-36(19-15-34)44(3)4/h8-23H,24-30H2,1-7H3,(H2,42,47). The first-order valence-electron chi connectivity index (χ1n) is 17.3. The molecule has 2 amide bonds. The third-order valence-corrected chi connectivity index (χ3v) is 9.07. The van der Waals surface area contributed by atoms with Crippen LogP contribution in [0.3, 0.4) is 0 Å². The van der Waals surface area contributed by atoms with E-state index in [2.05, 4.69) is 4.90 Å². The van der Waals surface area contributed by atoms with Crippen LogP contribution in [0.15, 0.2) is 97.1 Å². The van der Waals surface area contributed by atoms with Gasteiger partial charge in [0.2, 0.25) is 0 Å². The summed E-state index contributed by atoms with van der Waals surface area (Å²) in [6.45, 7) is 1.94. The molecule has 278 valence electrons. The van der Waals surface area contributed by atoms with E-state index in [9.17, 15) is 9.59 Å². The van der Waals surface area contributed by atoms with Gasteiger partial charge in [-0.1, -0.05) is 48.5 Å². The van der Waals surface area contributed by atoms with Gasteiger partial charge in [-0.05, 0) is 77.8 Å². The summed E-state index contributed by atoms with van der Waals surface area (Å²) in [5.74, 6) is 1.49. The minimum Gasteiger partial charge on any atom is -0.497 e. The lowest BCUT2D eigenvalue weighted by molar-refractivity contribution is -0.00150. The van der Waals surface area contributed by atoms with Crippen LogP contribution in [-0.2, 0) is 34.6 Å². The van der Waals surface area contributed by atoms with Gasteiger partial charge in [0.1, 0.15) is 23.7 Å². The first-order valence-corrected chi connectivity index (χ1v) is 17.3. The molecule has 11 heteroatoms. The molecule has 0 aliphatic heterocycles. The lowest BCUT2D eigenvalue weighted by Crippen LogP contribution is -2.40. The minimum absolute atomic E-state index is 0.174. The van der Waals surface area contributed by atoms with Crippen LogP contribution in [-0.4, -0.2) is 91.1 Å². The first-order chi connectivity index (χ1) is 24.9. The zero-order valence-corrected chi connectivity index (χ0v) is 31.5. The molecule has 11 nitrogen and oxygen atoms in total. The van der Waals surface area contributed by atoms with E-state index in [-0.39, 0.29) is 6.61 Å². The molecule has 0 saturated heterocycles. The Balaban J connectivity index is 1.46. The molecular formula is C41H53N5O6. The summed E-state index contributed by atoms with van der Waals surface area (Å²) in [5, 5.41) is 0. The molecule has 1 atom stereocenters. The molecule has 0 radical (unpaired) electrons. The van der Waals surface area contributed by atoms with Crippen molar-refractivity contribution in [1.29, 1.82) is 0 Å². The smallest absolute Gasteiger partial charge is 0.410 e. The number of likely N-dealkylation sites (N-methyl/N-ethyl adjacent to an activating group) is 1. The Labute approximate surface area is 308 Å². The molecule has 4 aromatic carbocycles. The zero-order chi connectivity index (χ0) is 37.7. The van der Waals surface area contributed by atoms with E-state index in [1.165, 1.54) is 0 Å². The highest BCUT2D eigenvalue weighted by Gasteiger charge is 2.37. The number of rotatable bonds is 18. The van der Waals surface area contributed by atoms with Gasteiger partial charge >= 0.3 is 12.2 Å². The van der Waals surface area contributed by atoms with Crippen molar-refractivity contribution < 1.29 is 28.5 Å². The lowest BCUT2D eigenvalue weighted by Gasteiger charge is -2.35. The molecule has 0 fully saturated rings. The van der Waals surface area contributed by atoms with E-state index in [1.54, 1.807) is 19.1 Å². The average Bonchev–Trinajstić information content (AvgIpc) is 3.14. The van der Waals surface area contributed by atoms with Crippen molar-refractivity contribution >= 4 is 23.6 Å². The van der Waals surface area contributed by atoms with Gasteiger partial charge in [0, 0.05) is 78.6 Å². The molecule has 4 aromatic rings. The van der Waals surface area contributed by atoms with Gasteiger partial charge < -0.3 is 39.4 Å². The molecule has 52 heavy (non-hydrogen) atoms. The van der Waals surface area contributed by atoms with Gasteiger partial charge in [-0.3, -0.25) is 4.90 Å². The normalized spacial score (nSPS) is 12.1. The van der Waals surface area contributed by atoms with Gasteiger partial charge in [-0.2, -0.15) is 0 Å². The van der Waals surface area contributed by atoms with E-state index in [4.69, 9.17) is 24.7 Å². The first kappa shape index (κ1) is 39.4. The van der Waals surface area contributed by atoms with Crippen molar-refractivity contribution in [2.75, 3.05) is 79.0 Å². The van der Waals surface area contributed by atoms with Crippen LogP contribution in [0.5, 0.6) is 11.5 Å². The Morgan fingerprint density at radius 1 is 0.635 bits per heavy atom. The Morgan fingerprint density at radius 3 is 1.56 bits per heavy atom. The number of methoxy groups -OCH3 is 2. The maximum Gasteiger partial charge on any atom is 0.410 e. The number of primary amides is 1. The van der Waals surface area contributed by atoms with E-state index < -0.39 is 17.8 Å². The van der Waals surface area contributed by atoms with Crippen LogP contribution in [0.4, 0.5) is 21.0 Å². The quantitative estimate of drug-likeness (QED) is 0.123. The highest BCUT2D eigenvalue weighted by atomic mass is 16.6. The summed E-state index contributed by atoms with van der Waals surface area (Å²) < 4.78 is 22.5. The number of nitrogens with zero attached hydrogens (tertiary/aromatic N) is 4. The number of anilines is 2. The third-order valence-electron chi connectivity index (χ3n) is 9.07. The van der Waals surface area contributed by atoms with E-state index >= 15 is 0 Å². The van der Waals surface area contributed by atoms with Crippen LogP contribution >= 0.6 is 0 Å². The van der Waals surface area contributed by atoms with Crippen molar-refractivity contribution in [3.63, 3.8) is 0 Å². The second-order valence-corrected chi connectivity index (χ2v) is 13.3. The number of benzene rings is 4. The molecule has 1 unspecified atom stereocenters. The lowest BCUT2D eigenvalue weighted by atomic mass is 9.83. The summed E-state index contributed by atoms with van der Waals surface area (Å²) in [6, 6.07) is 31.4. The molecule has 2 N–H and O–H groups in total. The van der Waals surface area contributed by atoms with Gasteiger partial charge in [-0.25, -0.2) is 9.59 Å². The Bertz CT molecular complexity index is 1700. The number of carbonyl (C=O) groups excluding carboxylic acids is 2. The monoisotopic (exact) mass is 711 g/mol. The predicted molar refractivity (Wildman–Crippen MR) is 206 cm³/mol. The molecule has 0 spiro atoms. The number of hydrogen-bond donors (Lipinski definition) is 1. The summed E-state index contributed by atoms with van der Waals surface area (Å²) >= 11 is 0. The highest BCUT2D eigenvalue weighted by Crippen LogP contribution is 2.35. The molecule has 0 aliphatic carbocycles. The number of nitrogens with two attached hydrogens (primary N) is 1. The molecular weight excluding hydrogens is 658 g/mol. The molecule has 0 aliphatic rings. The maximum atomic E-state index is 13.5. The van der Waals surface area contributed by atoms with Gasteiger partial charge in [0.25, 0.3) is 0 Å². The Hall–Kier alpha value is -5.42. The van der Waals surface area contributed by atoms with Crippen LogP contribution in [0, 0.1) is 0 Å². The van der Waals surface area contributed by atoms with Crippen molar-refractivity contribution in [1.82, 2.24) is 9.80 Å². The summed E-state index contributed by atoms with van der Waals surface area (Å²) in [4.78, 5) is 33.8. The topological polar surface area (TPSA) is 110 Å². The van der Waals surface area contributed by atoms with Crippen molar-refractivity contribution in [3.8, 4) is 11.5 Å². The summed E-state index contributed by atoms with van der Waals surface area (Å²) in [6.07, 6.45) is -0.414. The molecule has 0 heterocycles. The fourth-order valence-corrected chi connectivity index (χ4v) is 5.93. The van der Waals surface area contributed by atoms with E-state index in [1.807, 2.05) is 142 Å².